The first kappa shape index (κ1) is 26.5. The number of benzene rings is 1. The van der Waals surface area contributed by atoms with Gasteiger partial charge in [-0.25, -0.2) is 0 Å². The van der Waals surface area contributed by atoms with Gasteiger partial charge in [0.05, 0.1) is 13.0 Å². The summed E-state index contributed by atoms with van der Waals surface area (Å²) in [4.78, 5) is 33.0. The molecule has 9 heteroatoms. The van der Waals surface area contributed by atoms with Crippen LogP contribution in [0.5, 0.6) is 0 Å². The Morgan fingerprint density at radius 3 is 2.43 bits per heavy atom. The van der Waals surface area contributed by atoms with Crippen LogP contribution in [0.15, 0.2) is 29.3 Å². The zero-order valence-electron chi connectivity index (χ0n) is 17.8. The summed E-state index contributed by atoms with van der Waals surface area (Å²) in [5.74, 6) is 0.946. The number of hydrogen-bond acceptors (Lipinski definition) is 3. The van der Waals surface area contributed by atoms with Crippen LogP contribution in [0.4, 0.5) is 0 Å². The molecule has 1 aliphatic heterocycles. The smallest absolute Gasteiger partial charge is 0.227 e. The average Bonchev–Trinajstić information content (AvgIpc) is 2.71. The summed E-state index contributed by atoms with van der Waals surface area (Å²) < 4.78 is 0. The Bertz CT molecular complexity index is 708. The highest BCUT2D eigenvalue weighted by atomic mass is 127. The molecule has 0 aromatic heterocycles. The van der Waals surface area contributed by atoms with Crippen molar-refractivity contribution in [2.75, 3.05) is 45.8 Å². The molecule has 30 heavy (non-hydrogen) atoms. The Kier molecular flexibility index (Phi) is 12.8. The summed E-state index contributed by atoms with van der Waals surface area (Å²) in [6, 6.07) is 7.43. The van der Waals surface area contributed by atoms with Crippen LogP contribution in [0.3, 0.4) is 0 Å². The van der Waals surface area contributed by atoms with E-state index >= 15 is 0 Å². The second-order valence-corrected chi connectivity index (χ2v) is 7.45. The second kappa shape index (κ2) is 14.5. The molecule has 0 bridgehead atoms. The van der Waals surface area contributed by atoms with Gasteiger partial charge in [-0.1, -0.05) is 30.7 Å². The number of nitrogens with one attached hydrogen (secondary N) is 2. The van der Waals surface area contributed by atoms with E-state index in [1.54, 1.807) is 0 Å². The van der Waals surface area contributed by atoms with Crippen molar-refractivity contribution in [1.29, 1.82) is 0 Å². The molecule has 1 saturated heterocycles. The van der Waals surface area contributed by atoms with Crippen molar-refractivity contribution in [3.8, 4) is 0 Å². The molecule has 0 unspecified atom stereocenters. The van der Waals surface area contributed by atoms with Gasteiger partial charge in [-0.05, 0) is 31.0 Å². The number of halogens is 2. The van der Waals surface area contributed by atoms with Gasteiger partial charge in [0.2, 0.25) is 11.8 Å². The number of hydrogen-bond donors (Lipinski definition) is 2. The Labute approximate surface area is 201 Å². The van der Waals surface area contributed by atoms with Crippen LogP contribution in [-0.2, 0) is 16.0 Å². The lowest BCUT2D eigenvalue weighted by molar-refractivity contribution is -0.131. The van der Waals surface area contributed by atoms with Gasteiger partial charge in [0.15, 0.2) is 5.96 Å². The number of carbonyl (C=O) groups excluding carboxylic acids is 2. The van der Waals surface area contributed by atoms with Crippen molar-refractivity contribution in [2.24, 2.45) is 4.99 Å². The normalized spacial score (nSPS) is 14.2. The minimum Gasteiger partial charge on any atom is -0.357 e. The number of rotatable bonds is 8. The first-order chi connectivity index (χ1) is 14.0. The molecule has 0 spiro atoms. The summed E-state index contributed by atoms with van der Waals surface area (Å²) in [6.45, 7) is 8.70. The van der Waals surface area contributed by atoms with Crippen LogP contribution in [0.1, 0.15) is 32.3 Å². The van der Waals surface area contributed by atoms with Crippen LogP contribution < -0.4 is 10.6 Å². The molecule has 2 rings (SSSR count). The van der Waals surface area contributed by atoms with E-state index in [4.69, 9.17) is 11.6 Å². The van der Waals surface area contributed by atoms with E-state index in [0.29, 0.717) is 44.0 Å². The van der Waals surface area contributed by atoms with Crippen LogP contribution >= 0.6 is 35.6 Å². The van der Waals surface area contributed by atoms with Crippen molar-refractivity contribution in [3.05, 3.63) is 34.9 Å². The van der Waals surface area contributed by atoms with Crippen molar-refractivity contribution >= 4 is 53.4 Å². The minimum absolute atomic E-state index is 0. The predicted molar refractivity (Wildman–Crippen MR) is 133 cm³/mol. The van der Waals surface area contributed by atoms with Gasteiger partial charge < -0.3 is 20.4 Å². The van der Waals surface area contributed by atoms with E-state index in [1.807, 2.05) is 43.0 Å². The molecule has 0 atom stereocenters. The van der Waals surface area contributed by atoms with E-state index < -0.39 is 0 Å². The number of aliphatic imine (C=N–C) groups is 1. The average molecular weight is 550 g/mol. The second-order valence-electron chi connectivity index (χ2n) is 7.01. The van der Waals surface area contributed by atoms with Gasteiger partial charge in [-0.3, -0.25) is 14.6 Å². The van der Waals surface area contributed by atoms with Crippen LogP contribution in [0.2, 0.25) is 5.02 Å². The van der Waals surface area contributed by atoms with Crippen molar-refractivity contribution in [2.45, 2.75) is 33.1 Å². The Hall–Kier alpha value is -1.55. The van der Waals surface area contributed by atoms with E-state index in [0.717, 1.165) is 37.6 Å². The summed E-state index contributed by atoms with van der Waals surface area (Å²) in [6.07, 6.45) is 1.67. The number of nitrogens with zero attached hydrogens (tertiary/aromatic N) is 3. The van der Waals surface area contributed by atoms with Crippen LogP contribution in [0, 0.1) is 0 Å². The van der Waals surface area contributed by atoms with Gasteiger partial charge in [0.25, 0.3) is 0 Å². The first-order valence-electron chi connectivity index (χ1n) is 10.4. The maximum absolute atomic E-state index is 12.6. The molecule has 7 nitrogen and oxygen atoms in total. The monoisotopic (exact) mass is 549 g/mol. The van der Waals surface area contributed by atoms with Gasteiger partial charge in [0, 0.05) is 50.7 Å². The lowest BCUT2D eigenvalue weighted by Gasteiger charge is -2.36. The third kappa shape index (κ3) is 9.07. The lowest BCUT2D eigenvalue weighted by atomic mass is 10.1. The molecule has 1 aliphatic rings. The quantitative estimate of drug-likeness (QED) is 0.297. The molecule has 168 valence electrons. The van der Waals surface area contributed by atoms with E-state index in [-0.39, 0.29) is 35.8 Å². The van der Waals surface area contributed by atoms with Gasteiger partial charge in [0.1, 0.15) is 0 Å². The van der Waals surface area contributed by atoms with Gasteiger partial charge in [-0.2, -0.15) is 0 Å². The summed E-state index contributed by atoms with van der Waals surface area (Å²) >= 11 is 6.01. The maximum atomic E-state index is 12.6. The molecule has 2 N–H and O–H groups in total. The SMILES string of the molecule is CCCNC(=O)CCN=C(NCC)N1CCN(C(=O)Cc2cccc(Cl)c2)CC1.I. The van der Waals surface area contributed by atoms with Gasteiger partial charge in [-0.15, -0.1) is 24.0 Å². The highest BCUT2D eigenvalue weighted by molar-refractivity contribution is 14.0. The standard InChI is InChI=1S/C21H32ClN5O2.HI/c1-3-9-24-19(28)8-10-25-21(23-4-2)27-13-11-26(12-14-27)20(29)16-17-6-5-7-18(22)15-17;/h5-7,15H,3-4,8-14,16H2,1-2H3,(H,23,25)(H,24,28);1H. The van der Waals surface area contributed by atoms with Crippen molar-refractivity contribution in [1.82, 2.24) is 20.4 Å². The largest absolute Gasteiger partial charge is 0.357 e. The maximum Gasteiger partial charge on any atom is 0.227 e. The fourth-order valence-electron chi connectivity index (χ4n) is 3.14. The zero-order valence-corrected chi connectivity index (χ0v) is 20.9. The topological polar surface area (TPSA) is 77.0 Å². The lowest BCUT2D eigenvalue weighted by Crippen LogP contribution is -2.54. The highest BCUT2D eigenvalue weighted by Crippen LogP contribution is 2.13. The summed E-state index contributed by atoms with van der Waals surface area (Å²) in [5.41, 5.74) is 0.932. The third-order valence-electron chi connectivity index (χ3n) is 4.68. The number of piperazine rings is 1. The fraction of sp³-hybridized carbons (Fsp3) is 0.571. The molecular weight excluding hydrogens is 517 g/mol. The molecule has 1 heterocycles. The molecule has 1 fully saturated rings. The predicted octanol–water partition coefficient (Wildman–Crippen LogP) is 2.53. The molecular formula is C21H33ClIN5O2. The van der Waals surface area contributed by atoms with E-state index in [9.17, 15) is 9.59 Å². The minimum atomic E-state index is 0. The van der Waals surface area contributed by atoms with Crippen molar-refractivity contribution < 1.29 is 9.59 Å². The van der Waals surface area contributed by atoms with Crippen molar-refractivity contribution in [3.63, 3.8) is 0 Å². The van der Waals surface area contributed by atoms with Gasteiger partial charge >= 0.3 is 0 Å². The van der Waals surface area contributed by atoms with Crippen LogP contribution in [-0.4, -0.2) is 73.4 Å². The molecule has 2 amide bonds. The molecule has 0 saturated carbocycles. The fourth-order valence-corrected chi connectivity index (χ4v) is 3.36. The molecule has 0 aliphatic carbocycles. The Morgan fingerprint density at radius 2 is 1.80 bits per heavy atom. The highest BCUT2D eigenvalue weighted by Gasteiger charge is 2.23. The summed E-state index contributed by atoms with van der Waals surface area (Å²) in [5, 5.41) is 6.80. The number of guanidine groups is 1. The first-order valence-corrected chi connectivity index (χ1v) is 10.7. The number of carbonyl (C=O) groups is 2. The molecule has 1 aromatic rings. The Morgan fingerprint density at radius 1 is 1.10 bits per heavy atom. The zero-order chi connectivity index (χ0) is 21.1. The van der Waals surface area contributed by atoms with Crippen LogP contribution in [0.25, 0.3) is 0 Å². The summed E-state index contributed by atoms with van der Waals surface area (Å²) in [7, 11) is 0. The molecule has 1 aromatic carbocycles. The van der Waals surface area contributed by atoms with E-state index in [2.05, 4.69) is 20.5 Å². The number of amides is 2. The molecule has 0 radical (unpaired) electrons. The third-order valence-corrected chi connectivity index (χ3v) is 4.92. The Balaban J connectivity index is 0.00000450. The van der Waals surface area contributed by atoms with E-state index in [1.165, 1.54) is 0 Å².